The number of halogens is 1. The summed E-state index contributed by atoms with van der Waals surface area (Å²) in [6, 6.07) is 9.94. The van der Waals surface area contributed by atoms with Gasteiger partial charge in [-0.25, -0.2) is 13.2 Å². The lowest BCUT2D eigenvalue weighted by molar-refractivity contribution is -0.116. The van der Waals surface area contributed by atoms with Gasteiger partial charge in [-0.15, -0.1) is 0 Å². The highest BCUT2D eigenvalue weighted by Gasteiger charge is 2.30. The van der Waals surface area contributed by atoms with E-state index in [0.717, 1.165) is 16.1 Å². The van der Waals surface area contributed by atoms with Crippen LogP contribution >= 0.6 is 11.6 Å². The summed E-state index contributed by atoms with van der Waals surface area (Å²) in [5.41, 5.74) is 1.43. The Morgan fingerprint density at radius 3 is 2.39 bits per heavy atom. The maximum atomic E-state index is 12.8. The first-order valence-corrected chi connectivity index (χ1v) is 10.5. The Morgan fingerprint density at radius 1 is 1.18 bits per heavy atom. The van der Waals surface area contributed by atoms with Gasteiger partial charge in [-0.3, -0.25) is 9.10 Å². The van der Waals surface area contributed by atoms with E-state index in [-0.39, 0.29) is 16.9 Å². The van der Waals surface area contributed by atoms with Crippen LogP contribution in [0, 0.1) is 6.92 Å². The van der Waals surface area contributed by atoms with Crippen LogP contribution in [0.2, 0.25) is 5.02 Å². The van der Waals surface area contributed by atoms with Gasteiger partial charge in [0.15, 0.2) is 0 Å². The fourth-order valence-electron chi connectivity index (χ4n) is 2.64. The zero-order valence-electron chi connectivity index (χ0n) is 15.9. The number of hydrogen-bond acceptors (Lipinski definition) is 5. The second-order valence-electron chi connectivity index (χ2n) is 6.19. The number of ether oxygens (including phenoxy) is 1. The van der Waals surface area contributed by atoms with Gasteiger partial charge < -0.3 is 10.1 Å². The van der Waals surface area contributed by atoms with Gasteiger partial charge in [0.1, 0.15) is 6.04 Å². The topological polar surface area (TPSA) is 92.8 Å². The quantitative estimate of drug-likeness (QED) is 0.718. The van der Waals surface area contributed by atoms with Crippen molar-refractivity contribution in [2.24, 2.45) is 0 Å². The molecule has 0 aromatic heterocycles. The number of sulfonamides is 1. The molecule has 28 heavy (non-hydrogen) atoms. The molecule has 1 N–H and O–H groups in total. The summed E-state index contributed by atoms with van der Waals surface area (Å²) in [6.07, 6.45) is 1.01. The number of nitrogens with one attached hydrogen (secondary N) is 1. The van der Waals surface area contributed by atoms with E-state index in [0.29, 0.717) is 5.02 Å². The summed E-state index contributed by atoms with van der Waals surface area (Å²) < 4.78 is 30.4. The number of nitrogens with zero attached hydrogens (tertiary/aromatic N) is 1. The second kappa shape index (κ2) is 8.62. The molecule has 0 unspecified atom stereocenters. The molecule has 0 fully saturated rings. The maximum Gasteiger partial charge on any atom is 0.339 e. The van der Waals surface area contributed by atoms with E-state index in [2.05, 4.69) is 5.32 Å². The van der Waals surface area contributed by atoms with Gasteiger partial charge in [-0.2, -0.15) is 0 Å². The third-order valence-corrected chi connectivity index (χ3v) is 5.74. The monoisotopic (exact) mass is 424 g/mol. The Hall–Kier alpha value is -2.58. The minimum Gasteiger partial charge on any atom is -0.465 e. The van der Waals surface area contributed by atoms with Crippen molar-refractivity contribution in [1.82, 2.24) is 0 Å². The second-order valence-corrected chi connectivity index (χ2v) is 8.46. The molecule has 1 atom stereocenters. The molecule has 2 aromatic rings. The Bertz CT molecular complexity index is 1010. The van der Waals surface area contributed by atoms with Crippen LogP contribution in [-0.4, -0.2) is 39.7 Å². The third-order valence-electron chi connectivity index (χ3n) is 4.09. The van der Waals surface area contributed by atoms with Crippen LogP contribution in [0.25, 0.3) is 0 Å². The molecule has 0 aliphatic heterocycles. The first-order chi connectivity index (χ1) is 13.1. The number of methoxy groups -OCH3 is 1. The van der Waals surface area contributed by atoms with Crippen LogP contribution < -0.4 is 9.62 Å². The van der Waals surface area contributed by atoms with Crippen molar-refractivity contribution >= 4 is 44.9 Å². The number of hydrogen-bond donors (Lipinski definition) is 1. The maximum absolute atomic E-state index is 12.8. The molecule has 0 saturated heterocycles. The average Bonchev–Trinajstić information content (AvgIpc) is 2.63. The molecule has 150 valence electrons. The SMILES string of the molecule is COC(=O)c1ccccc1NC(=O)[C@H](C)N(c1ccc(C)c(Cl)c1)S(C)(=O)=O. The predicted octanol–water partition coefficient (Wildman–Crippen LogP) is 3.23. The largest absolute Gasteiger partial charge is 0.465 e. The summed E-state index contributed by atoms with van der Waals surface area (Å²) >= 11 is 6.12. The van der Waals surface area contributed by atoms with Gasteiger partial charge in [-0.1, -0.05) is 29.8 Å². The van der Waals surface area contributed by atoms with E-state index in [1.807, 2.05) is 0 Å². The Kier molecular flexibility index (Phi) is 6.69. The first kappa shape index (κ1) is 21.7. The summed E-state index contributed by atoms with van der Waals surface area (Å²) in [5.74, 6) is -1.23. The Balaban J connectivity index is 2.38. The van der Waals surface area contributed by atoms with Gasteiger partial charge in [0.05, 0.1) is 30.3 Å². The van der Waals surface area contributed by atoms with Crippen molar-refractivity contribution in [2.75, 3.05) is 23.0 Å². The lowest BCUT2D eigenvalue weighted by Gasteiger charge is -2.28. The van der Waals surface area contributed by atoms with Crippen LogP contribution in [0.1, 0.15) is 22.8 Å². The van der Waals surface area contributed by atoms with E-state index >= 15 is 0 Å². The van der Waals surface area contributed by atoms with Gasteiger partial charge in [0.2, 0.25) is 15.9 Å². The molecule has 0 aliphatic carbocycles. The van der Waals surface area contributed by atoms with Crippen LogP contribution in [-0.2, 0) is 19.6 Å². The van der Waals surface area contributed by atoms with Gasteiger partial charge in [0.25, 0.3) is 0 Å². The molecule has 0 aliphatic rings. The van der Waals surface area contributed by atoms with Crippen molar-refractivity contribution in [1.29, 1.82) is 0 Å². The number of para-hydroxylation sites is 1. The molecule has 0 saturated carbocycles. The molecule has 0 radical (unpaired) electrons. The van der Waals surface area contributed by atoms with Crippen molar-refractivity contribution < 1.29 is 22.7 Å². The summed E-state index contributed by atoms with van der Waals surface area (Å²) in [4.78, 5) is 24.7. The van der Waals surface area contributed by atoms with E-state index in [1.165, 1.54) is 32.2 Å². The molecule has 2 rings (SSSR count). The van der Waals surface area contributed by atoms with Crippen molar-refractivity contribution in [2.45, 2.75) is 19.9 Å². The smallest absolute Gasteiger partial charge is 0.339 e. The number of aryl methyl sites for hydroxylation is 1. The number of carbonyl (C=O) groups excluding carboxylic acids is 2. The van der Waals surface area contributed by atoms with Gasteiger partial charge in [-0.05, 0) is 43.7 Å². The molecule has 0 heterocycles. The third kappa shape index (κ3) is 4.82. The first-order valence-electron chi connectivity index (χ1n) is 8.30. The van der Waals surface area contributed by atoms with Crippen LogP contribution in [0.4, 0.5) is 11.4 Å². The number of carbonyl (C=O) groups is 2. The van der Waals surface area contributed by atoms with E-state index in [1.54, 1.807) is 31.2 Å². The van der Waals surface area contributed by atoms with Crippen molar-refractivity contribution in [3.63, 3.8) is 0 Å². The Morgan fingerprint density at radius 2 is 1.82 bits per heavy atom. The van der Waals surface area contributed by atoms with Crippen molar-refractivity contribution in [3.8, 4) is 0 Å². The summed E-state index contributed by atoms with van der Waals surface area (Å²) in [6.45, 7) is 3.24. The van der Waals surface area contributed by atoms with E-state index < -0.39 is 27.9 Å². The lowest BCUT2D eigenvalue weighted by Crippen LogP contribution is -2.45. The zero-order chi connectivity index (χ0) is 21.1. The van der Waals surface area contributed by atoms with Gasteiger partial charge in [0, 0.05) is 5.02 Å². The number of benzene rings is 2. The van der Waals surface area contributed by atoms with E-state index in [4.69, 9.17) is 16.3 Å². The lowest BCUT2D eigenvalue weighted by atomic mass is 10.1. The molecule has 0 bridgehead atoms. The van der Waals surface area contributed by atoms with E-state index in [9.17, 15) is 18.0 Å². The molecule has 7 nitrogen and oxygen atoms in total. The van der Waals surface area contributed by atoms with Crippen LogP contribution in [0.15, 0.2) is 42.5 Å². The molecular formula is C19H21ClN2O5S. The minimum atomic E-state index is -3.79. The summed E-state index contributed by atoms with van der Waals surface area (Å²) in [5, 5.41) is 2.98. The highest BCUT2D eigenvalue weighted by Crippen LogP contribution is 2.27. The average molecular weight is 425 g/mol. The normalized spacial score (nSPS) is 12.2. The van der Waals surface area contributed by atoms with Crippen LogP contribution in [0.3, 0.4) is 0 Å². The fourth-order valence-corrected chi connectivity index (χ4v) is 3.99. The molecule has 2 aromatic carbocycles. The molecule has 9 heteroatoms. The number of anilines is 2. The summed E-state index contributed by atoms with van der Waals surface area (Å²) in [7, 11) is -2.56. The number of amides is 1. The predicted molar refractivity (Wildman–Crippen MR) is 109 cm³/mol. The molecule has 1 amide bonds. The standard InChI is InChI=1S/C19H21ClN2O5S/c1-12-9-10-14(11-16(12)20)22(28(4,25)26)13(2)18(23)21-17-8-6-5-7-15(17)19(24)27-3/h5-11,13H,1-4H3,(H,21,23)/t13-/m0/s1. The van der Waals surface area contributed by atoms with Crippen LogP contribution in [0.5, 0.6) is 0 Å². The fraction of sp³-hybridized carbons (Fsp3) is 0.263. The molecular weight excluding hydrogens is 404 g/mol. The highest BCUT2D eigenvalue weighted by molar-refractivity contribution is 7.92. The Labute approximate surface area is 169 Å². The molecule has 0 spiro atoms. The van der Waals surface area contributed by atoms with Gasteiger partial charge >= 0.3 is 5.97 Å². The highest BCUT2D eigenvalue weighted by atomic mass is 35.5. The van der Waals surface area contributed by atoms with Crippen molar-refractivity contribution in [3.05, 3.63) is 58.6 Å². The minimum absolute atomic E-state index is 0.162. The number of esters is 1. The number of rotatable bonds is 6. The zero-order valence-corrected chi connectivity index (χ0v) is 17.5.